The average Bonchev–Trinajstić information content (AvgIpc) is 2.59. The number of carbonyl (C=O) groups is 1. The number of aryl methyl sites for hydroxylation is 1. The third-order valence-electron chi connectivity index (χ3n) is 3.79. The molecule has 0 aliphatic carbocycles. The van der Waals surface area contributed by atoms with Gasteiger partial charge in [-0.25, -0.2) is 0 Å². The maximum atomic E-state index is 12.6. The van der Waals surface area contributed by atoms with Crippen molar-refractivity contribution in [1.29, 1.82) is 0 Å². The smallest absolute Gasteiger partial charge is 0.242 e. The van der Waals surface area contributed by atoms with E-state index in [9.17, 15) is 4.79 Å². The van der Waals surface area contributed by atoms with Crippen molar-refractivity contribution in [3.63, 3.8) is 0 Å². The number of rotatable bonds is 3. The maximum absolute atomic E-state index is 12.6. The van der Waals surface area contributed by atoms with Crippen molar-refractivity contribution in [2.45, 2.75) is 45.7 Å². The van der Waals surface area contributed by atoms with Gasteiger partial charge in [0.25, 0.3) is 0 Å². The normalized spacial score (nSPS) is 15.8. The van der Waals surface area contributed by atoms with Gasteiger partial charge in [0.15, 0.2) is 0 Å². The molecule has 3 heteroatoms. The maximum Gasteiger partial charge on any atom is 0.242 e. The lowest BCUT2D eigenvalue weighted by Gasteiger charge is -2.32. The van der Waals surface area contributed by atoms with E-state index in [0.29, 0.717) is 0 Å². The summed E-state index contributed by atoms with van der Waals surface area (Å²) < 4.78 is 0. The zero-order chi connectivity index (χ0) is 13.9. The fraction of sp³-hybridized carbons (Fsp3) is 0.562. The van der Waals surface area contributed by atoms with Gasteiger partial charge in [-0.1, -0.05) is 31.2 Å². The Balaban J connectivity index is 2.16. The largest absolute Gasteiger partial charge is 0.337 e. The quantitative estimate of drug-likeness (QED) is 0.905. The van der Waals surface area contributed by atoms with Crippen LogP contribution in [0.3, 0.4) is 0 Å². The van der Waals surface area contributed by atoms with E-state index in [1.54, 1.807) is 0 Å². The first kappa shape index (κ1) is 14.1. The molecule has 0 aromatic heterocycles. The monoisotopic (exact) mass is 260 g/mol. The summed E-state index contributed by atoms with van der Waals surface area (Å²) in [6.45, 7) is 8.37. The van der Waals surface area contributed by atoms with E-state index in [4.69, 9.17) is 0 Å². The molecule has 1 aliphatic rings. The highest BCUT2D eigenvalue weighted by Gasteiger charge is 2.31. The molecule has 1 aromatic rings. The molecule has 0 spiro atoms. The van der Waals surface area contributed by atoms with Crippen LogP contribution < -0.4 is 5.32 Å². The van der Waals surface area contributed by atoms with Gasteiger partial charge in [-0.15, -0.1) is 0 Å². The molecule has 0 unspecified atom stereocenters. The van der Waals surface area contributed by atoms with Crippen LogP contribution >= 0.6 is 0 Å². The molecule has 0 atom stereocenters. The fourth-order valence-electron chi connectivity index (χ4n) is 2.79. The number of nitrogens with zero attached hydrogens (tertiary/aromatic N) is 1. The topological polar surface area (TPSA) is 32.3 Å². The Morgan fingerprint density at radius 3 is 2.68 bits per heavy atom. The molecule has 0 fully saturated rings. The molecule has 104 valence electrons. The number of hydrogen-bond acceptors (Lipinski definition) is 2. The van der Waals surface area contributed by atoms with E-state index < -0.39 is 5.54 Å². The Bertz CT molecular complexity index is 454. The fourth-order valence-corrected chi connectivity index (χ4v) is 2.79. The van der Waals surface area contributed by atoms with Crippen LogP contribution in [0.4, 0.5) is 0 Å². The van der Waals surface area contributed by atoms with Gasteiger partial charge in [-0.3, -0.25) is 4.79 Å². The van der Waals surface area contributed by atoms with Crippen molar-refractivity contribution in [2.75, 3.05) is 13.1 Å². The van der Waals surface area contributed by atoms with Gasteiger partial charge in [0.1, 0.15) is 0 Å². The van der Waals surface area contributed by atoms with Crippen molar-refractivity contribution >= 4 is 5.91 Å². The lowest BCUT2D eigenvalue weighted by molar-refractivity contribution is -0.137. The van der Waals surface area contributed by atoms with E-state index in [1.165, 1.54) is 11.1 Å². The van der Waals surface area contributed by atoms with E-state index in [2.05, 4.69) is 29.6 Å². The van der Waals surface area contributed by atoms with Crippen LogP contribution in [0.15, 0.2) is 24.3 Å². The molecule has 0 bridgehead atoms. The third kappa shape index (κ3) is 3.16. The third-order valence-corrected chi connectivity index (χ3v) is 3.79. The molecule has 3 nitrogen and oxygen atoms in total. The molecule has 0 saturated carbocycles. The Kier molecular flexibility index (Phi) is 4.25. The summed E-state index contributed by atoms with van der Waals surface area (Å²) in [5, 5.41) is 3.27. The second kappa shape index (κ2) is 5.74. The number of benzene rings is 1. The van der Waals surface area contributed by atoms with E-state index in [-0.39, 0.29) is 5.91 Å². The van der Waals surface area contributed by atoms with Crippen LogP contribution in [0.25, 0.3) is 0 Å². The van der Waals surface area contributed by atoms with Gasteiger partial charge in [0.05, 0.1) is 5.54 Å². The van der Waals surface area contributed by atoms with Crippen LogP contribution in [0.5, 0.6) is 0 Å². The molecule has 1 heterocycles. The molecule has 2 rings (SSSR count). The zero-order valence-corrected chi connectivity index (χ0v) is 12.2. The first-order valence-electron chi connectivity index (χ1n) is 7.16. The second-order valence-corrected chi connectivity index (χ2v) is 5.75. The molecule has 0 radical (unpaired) electrons. The summed E-state index contributed by atoms with van der Waals surface area (Å²) in [6.07, 6.45) is 2.12. The van der Waals surface area contributed by atoms with Gasteiger partial charge >= 0.3 is 0 Å². The lowest BCUT2D eigenvalue weighted by atomic mass is 10.0. The Morgan fingerprint density at radius 2 is 2.00 bits per heavy atom. The van der Waals surface area contributed by atoms with Crippen LogP contribution in [0.1, 0.15) is 38.3 Å². The second-order valence-electron chi connectivity index (χ2n) is 5.75. The van der Waals surface area contributed by atoms with Crippen molar-refractivity contribution in [3.05, 3.63) is 35.4 Å². The number of fused-ring (bicyclic) bond motifs is 1. The molecular weight excluding hydrogens is 236 g/mol. The van der Waals surface area contributed by atoms with Crippen LogP contribution in [-0.2, 0) is 17.8 Å². The number of nitrogens with one attached hydrogen (secondary N) is 1. The zero-order valence-electron chi connectivity index (χ0n) is 12.2. The minimum atomic E-state index is -0.478. The lowest BCUT2D eigenvalue weighted by Crippen LogP contribution is -2.53. The summed E-state index contributed by atoms with van der Waals surface area (Å²) in [7, 11) is 0. The van der Waals surface area contributed by atoms with Gasteiger partial charge in [-0.05, 0) is 44.4 Å². The highest BCUT2D eigenvalue weighted by molar-refractivity contribution is 5.85. The minimum absolute atomic E-state index is 0.200. The predicted octanol–water partition coefficient (Wildman–Crippen LogP) is 2.35. The first-order valence-corrected chi connectivity index (χ1v) is 7.16. The van der Waals surface area contributed by atoms with Crippen molar-refractivity contribution in [3.8, 4) is 0 Å². The summed E-state index contributed by atoms with van der Waals surface area (Å²) in [5.74, 6) is 0.200. The van der Waals surface area contributed by atoms with Crippen LogP contribution in [0, 0.1) is 0 Å². The molecular formula is C16H24N2O. The van der Waals surface area contributed by atoms with E-state index >= 15 is 0 Å². The molecule has 19 heavy (non-hydrogen) atoms. The van der Waals surface area contributed by atoms with E-state index in [1.807, 2.05) is 25.7 Å². The highest BCUT2D eigenvalue weighted by Crippen LogP contribution is 2.20. The number of likely N-dealkylation sites (N-methyl/N-ethyl adjacent to an activating group) is 1. The molecule has 1 aromatic carbocycles. The summed E-state index contributed by atoms with van der Waals surface area (Å²) in [5.41, 5.74) is 2.20. The molecule has 1 amide bonds. The molecule has 0 saturated heterocycles. The summed E-state index contributed by atoms with van der Waals surface area (Å²) in [4.78, 5) is 14.6. The van der Waals surface area contributed by atoms with Gasteiger partial charge in [0.2, 0.25) is 5.91 Å². The van der Waals surface area contributed by atoms with Crippen molar-refractivity contribution < 1.29 is 4.79 Å². The SMILES string of the molecule is CCNC(C)(C)C(=O)N1CCCc2ccccc2C1. The number of hydrogen-bond donors (Lipinski definition) is 1. The predicted molar refractivity (Wildman–Crippen MR) is 77.9 cm³/mol. The Hall–Kier alpha value is -1.35. The highest BCUT2D eigenvalue weighted by atomic mass is 16.2. The summed E-state index contributed by atoms with van der Waals surface area (Å²) >= 11 is 0. The van der Waals surface area contributed by atoms with Crippen molar-refractivity contribution in [2.24, 2.45) is 0 Å². The van der Waals surface area contributed by atoms with Crippen LogP contribution in [0.2, 0.25) is 0 Å². The minimum Gasteiger partial charge on any atom is -0.337 e. The Morgan fingerprint density at radius 1 is 1.32 bits per heavy atom. The molecule has 1 aliphatic heterocycles. The molecule has 1 N–H and O–H groups in total. The van der Waals surface area contributed by atoms with Crippen LogP contribution in [-0.4, -0.2) is 29.4 Å². The van der Waals surface area contributed by atoms with E-state index in [0.717, 1.165) is 32.5 Å². The van der Waals surface area contributed by atoms with Gasteiger partial charge < -0.3 is 10.2 Å². The van der Waals surface area contributed by atoms with Gasteiger partial charge in [0, 0.05) is 13.1 Å². The number of amides is 1. The Labute approximate surface area is 116 Å². The first-order chi connectivity index (χ1) is 9.04. The van der Waals surface area contributed by atoms with Crippen molar-refractivity contribution in [1.82, 2.24) is 10.2 Å². The number of carbonyl (C=O) groups excluding carboxylic acids is 1. The van der Waals surface area contributed by atoms with Gasteiger partial charge in [-0.2, -0.15) is 0 Å². The average molecular weight is 260 g/mol. The standard InChI is InChI=1S/C16H24N2O/c1-4-17-16(2,3)15(19)18-11-7-10-13-8-5-6-9-14(13)12-18/h5-6,8-9,17H,4,7,10-12H2,1-3H3. The summed E-state index contributed by atoms with van der Waals surface area (Å²) in [6, 6.07) is 8.46.